The van der Waals surface area contributed by atoms with Gasteiger partial charge in [-0.2, -0.15) is 0 Å². The van der Waals surface area contributed by atoms with Crippen LogP contribution in [0.25, 0.3) is 6.08 Å². The lowest BCUT2D eigenvalue weighted by Gasteiger charge is -2.20. The number of fused-ring (bicyclic) bond motifs is 1. The molecule has 0 saturated carbocycles. The number of hydrogen-bond acceptors (Lipinski definition) is 3. The lowest BCUT2D eigenvalue weighted by Crippen LogP contribution is -2.29. The van der Waals surface area contributed by atoms with Crippen molar-refractivity contribution in [3.05, 3.63) is 35.5 Å². The van der Waals surface area contributed by atoms with E-state index in [1.807, 2.05) is 0 Å². The van der Waals surface area contributed by atoms with Crippen LogP contribution in [-0.2, 0) is 0 Å². The Hall–Kier alpha value is -2.50. The summed E-state index contributed by atoms with van der Waals surface area (Å²) in [5.74, 6) is -0.896. The molecular weight excluding hydrogens is 214 g/mol. The second kappa shape index (κ2) is 3.58. The van der Waals surface area contributed by atoms with E-state index in [0.29, 0.717) is 10.6 Å². The molecule has 0 atom stereocenters. The molecular formula is C10H7NO5. The van der Waals surface area contributed by atoms with Crippen molar-refractivity contribution in [3.63, 3.8) is 0 Å². The maximum absolute atomic E-state index is 10.7. The molecule has 6 heteroatoms. The van der Waals surface area contributed by atoms with Gasteiger partial charge in [0.05, 0.1) is 11.8 Å². The number of nitrogens with zero attached hydrogens (tertiary/aromatic N) is 1. The van der Waals surface area contributed by atoms with Gasteiger partial charge in [-0.05, 0) is 18.2 Å². The molecule has 1 aromatic rings. The molecule has 6 nitrogen and oxygen atoms in total. The molecule has 1 heterocycles. The summed E-state index contributed by atoms with van der Waals surface area (Å²) in [6.45, 7) is 0. The van der Waals surface area contributed by atoms with Crippen molar-refractivity contribution in [2.75, 3.05) is 0 Å². The minimum Gasteiger partial charge on any atom is -0.478 e. The van der Waals surface area contributed by atoms with Crippen molar-refractivity contribution < 1.29 is 24.6 Å². The van der Waals surface area contributed by atoms with Crippen molar-refractivity contribution in [2.45, 2.75) is 0 Å². The van der Waals surface area contributed by atoms with E-state index in [1.54, 1.807) is 6.07 Å². The molecule has 0 radical (unpaired) electrons. The first-order chi connectivity index (χ1) is 7.58. The Labute approximate surface area is 89.9 Å². The standard InChI is InChI=1S/C10H7NO5/c12-9(13)7-2-1-6-3-4-11(10(14)15)16-8(6)5-7/h1-5H,(H,12,13)(H,14,15). The molecule has 0 bridgehead atoms. The van der Waals surface area contributed by atoms with Crippen molar-refractivity contribution in [2.24, 2.45) is 0 Å². The van der Waals surface area contributed by atoms with Gasteiger partial charge in [0.2, 0.25) is 0 Å². The molecule has 0 unspecified atom stereocenters. The molecule has 0 aromatic heterocycles. The fourth-order valence-electron chi connectivity index (χ4n) is 1.27. The van der Waals surface area contributed by atoms with Crippen LogP contribution in [0.5, 0.6) is 5.75 Å². The number of amides is 1. The van der Waals surface area contributed by atoms with Gasteiger partial charge in [0.1, 0.15) is 0 Å². The highest BCUT2D eigenvalue weighted by molar-refractivity contribution is 5.89. The Morgan fingerprint density at radius 3 is 2.62 bits per heavy atom. The normalized spacial score (nSPS) is 12.9. The van der Waals surface area contributed by atoms with Crippen molar-refractivity contribution in [1.29, 1.82) is 0 Å². The van der Waals surface area contributed by atoms with Crippen LogP contribution in [0.15, 0.2) is 24.4 Å². The van der Waals surface area contributed by atoms with Crippen molar-refractivity contribution >= 4 is 18.1 Å². The summed E-state index contributed by atoms with van der Waals surface area (Å²) >= 11 is 0. The van der Waals surface area contributed by atoms with Crippen LogP contribution in [0, 0.1) is 0 Å². The minimum atomic E-state index is -1.28. The Bertz CT molecular complexity index is 494. The van der Waals surface area contributed by atoms with Gasteiger partial charge in [-0.15, -0.1) is 5.06 Å². The van der Waals surface area contributed by atoms with Crippen LogP contribution in [0.4, 0.5) is 4.79 Å². The zero-order valence-electron chi connectivity index (χ0n) is 7.95. The maximum Gasteiger partial charge on any atom is 0.445 e. The number of hydrogen-bond donors (Lipinski definition) is 2. The van der Waals surface area contributed by atoms with Crippen LogP contribution in [0.1, 0.15) is 15.9 Å². The minimum absolute atomic E-state index is 0.0411. The fourth-order valence-corrected chi connectivity index (χ4v) is 1.27. The molecule has 2 N–H and O–H groups in total. The monoisotopic (exact) mass is 221 g/mol. The van der Waals surface area contributed by atoms with Gasteiger partial charge in [0.25, 0.3) is 0 Å². The van der Waals surface area contributed by atoms with Crippen LogP contribution in [0.3, 0.4) is 0 Å². The third-order valence-electron chi connectivity index (χ3n) is 2.04. The Balaban J connectivity index is 2.38. The second-order valence-electron chi connectivity index (χ2n) is 3.07. The van der Waals surface area contributed by atoms with Gasteiger partial charge >= 0.3 is 12.1 Å². The molecule has 16 heavy (non-hydrogen) atoms. The summed E-state index contributed by atoms with van der Waals surface area (Å²) in [5, 5.41) is 18.0. The highest BCUT2D eigenvalue weighted by Gasteiger charge is 2.18. The summed E-state index contributed by atoms with van der Waals surface area (Å²) in [6, 6.07) is 4.25. The number of carboxylic acids is 1. The summed E-state index contributed by atoms with van der Waals surface area (Å²) in [6.07, 6.45) is 1.49. The molecule has 1 aliphatic heterocycles. The average molecular weight is 221 g/mol. The van der Waals surface area contributed by atoms with Gasteiger partial charge in [-0.25, -0.2) is 9.59 Å². The van der Waals surface area contributed by atoms with Crippen LogP contribution in [0.2, 0.25) is 0 Å². The van der Waals surface area contributed by atoms with Crippen LogP contribution < -0.4 is 4.84 Å². The van der Waals surface area contributed by atoms with Gasteiger partial charge in [0, 0.05) is 5.56 Å². The first-order valence-corrected chi connectivity index (χ1v) is 4.33. The van der Waals surface area contributed by atoms with Crippen LogP contribution in [-0.4, -0.2) is 27.3 Å². The highest BCUT2D eigenvalue weighted by atomic mass is 16.7. The lowest BCUT2D eigenvalue weighted by molar-refractivity contribution is 0.00428. The number of carbonyl (C=O) groups is 2. The first kappa shape index (κ1) is 10.0. The van der Waals surface area contributed by atoms with E-state index in [9.17, 15) is 9.59 Å². The quantitative estimate of drug-likeness (QED) is 0.752. The first-order valence-electron chi connectivity index (χ1n) is 4.33. The Morgan fingerprint density at radius 1 is 1.25 bits per heavy atom. The maximum atomic E-state index is 10.7. The molecule has 1 amide bonds. The summed E-state index contributed by atoms with van der Waals surface area (Å²) < 4.78 is 0. The van der Waals surface area contributed by atoms with E-state index in [2.05, 4.69) is 0 Å². The summed E-state index contributed by atoms with van der Waals surface area (Å²) in [5.41, 5.74) is 0.668. The zero-order chi connectivity index (χ0) is 11.7. The van der Waals surface area contributed by atoms with Crippen LogP contribution >= 0.6 is 0 Å². The predicted octanol–water partition coefficient (Wildman–Crippen LogP) is 1.64. The van der Waals surface area contributed by atoms with Crippen molar-refractivity contribution in [1.82, 2.24) is 5.06 Å². The number of hydroxylamine groups is 2. The topological polar surface area (TPSA) is 87.1 Å². The van der Waals surface area contributed by atoms with E-state index in [1.165, 1.54) is 24.4 Å². The third-order valence-corrected chi connectivity index (χ3v) is 2.04. The molecule has 2 rings (SSSR count). The van der Waals surface area contributed by atoms with E-state index in [0.717, 1.165) is 0 Å². The van der Waals surface area contributed by atoms with Gasteiger partial charge in [0.15, 0.2) is 5.75 Å². The molecule has 1 aliphatic rings. The fraction of sp³-hybridized carbons (Fsp3) is 0. The largest absolute Gasteiger partial charge is 0.478 e. The Kier molecular flexibility index (Phi) is 2.24. The van der Waals surface area contributed by atoms with Gasteiger partial charge < -0.3 is 15.1 Å². The predicted molar refractivity (Wildman–Crippen MR) is 52.9 cm³/mol. The third kappa shape index (κ3) is 1.68. The Morgan fingerprint density at radius 2 is 2.00 bits per heavy atom. The van der Waals surface area contributed by atoms with E-state index >= 15 is 0 Å². The molecule has 1 aromatic carbocycles. The second-order valence-corrected chi connectivity index (χ2v) is 3.07. The number of carboxylic acid groups (broad SMARTS) is 2. The summed E-state index contributed by atoms with van der Waals surface area (Å²) in [7, 11) is 0. The number of rotatable bonds is 1. The van der Waals surface area contributed by atoms with Gasteiger partial charge in [-0.3, -0.25) is 0 Å². The molecule has 0 aliphatic carbocycles. The lowest BCUT2D eigenvalue weighted by atomic mass is 10.1. The number of aromatic carboxylic acids is 1. The SMILES string of the molecule is O=C(O)c1ccc2c(c1)ON(C(=O)O)C=C2. The molecule has 0 spiro atoms. The summed E-state index contributed by atoms with van der Waals surface area (Å²) in [4.78, 5) is 26.3. The zero-order valence-corrected chi connectivity index (χ0v) is 7.95. The molecule has 0 saturated heterocycles. The van der Waals surface area contributed by atoms with E-state index in [-0.39, 0.29) is 11.3 Å². The average Bonchev–Trinajstić information content (AvgIpc) is 2.27. The molecule has 82 valence electrons. The highest BCUT2D eigenvalue weighted by Crippen LogP contribution is 2.26. The number of benzene rings is 1. The van der Waals surface area contributed by atoms with Crippen molar-refractivity contribution in [3.8, 4) is 5.75 Å². The van der Waals surface area contributed by atoms with Gasteiger partial charge in [-0.1, -0.05) is 6.07 Å². The molecule has 0 fully saturated rings. The van der Waals surface area contributed by atoms with E-state index in [4.69, 9.17) is 15.1 Å². The van der Waals surface area contributed by atoms with E-state index < -0.39 is 12.1 Å². The smallest absolute Gasteiger partial charge is 0.445 e.